The highest BCUT2D eigenvalue weighted by atomic mass is 16.1. The summed E-state index contributed by atoms with van der Waals surface area (Å²) in [5.74, 6) is 0.419. The van der Waals surface area contributed by atoms with Gasteiger partial charge in [0.15, 0.2) is 0 Å². The first kappa shape index (κ1) is 9.72. The van der Waals surface area contributed by atoms with Crippen molar-refractivity contribution in [3.63, 3.8) is 0 Å². The highest BCUT2D eigenvalue weighted by Crippen LogP contribution is 2.23. The van der Waals surface area contributed by atoms with E-state index in [1.807, 2.05) is 0 Å². The van der Waals surface area contributed by atoms with Gasteiger partial charge in [-0.3, -0.25) is 9.69 Å². The lowest BCUT2D eigenvalue weighted by Crippen LogP contribution is -2.51. The molecule has 1 aliphatic heterocycles. The molecule has 0 saturated carbocycles. The summed E-state index contributed by atoms with van der Waals surface area (Å²) in [6.45, 7) is 9.70. The molecule has 0 N–H and O–H groups in total. The van der Waals surface area contributed by atoms with Gasteiger partial charge in [0.25, 0.3) is 0 Å². The minimum atomic E-state index is 0.208. The van der Waals surface area contributed by atoms with Crippen LogP contribution in [0.2, 0.25) is 0 Å². The molecule has 1 rings (SSSR count). The average Bonchev–Trinajstić information content (AvgIpc) is 1.83. The number of Topliss-reactive ketones (excluding diaryl/α,β-unsaturated/α-hetero) is 1. The van der Waals surface area contributed by atoms with E-state index < -0.39 is 0 Å². The number of hydrogen-bond donors (Lipinski definition) is 0. The number of carbonyl (C=O) groups is 1. The molecule has 0 aromatic rings. The zero-order valence-corrected chi connectivity index (χ0v) is 8.55. The summed E-state index contributed by atoms with van der Waals surface area (Å²) in [7, 11) is 0. The summed E-state index contributed by atoms with van der Waals surface area (Å²) in [5, 5.41) is 0. The normalized spacial score (nSPS) is 27.7. The second-order valence-corrected chi connectivity index (χ2v) is 4.71. The van der Waals surface area contributed by atoms with Crippen molar-refractivity contribution in [1.29, 1.82) is 0 Å². The summed E-state index contributed by atoms with van der Waals surface area (Å²) < 4.78 is 0. The van der Waals surface area contributed by atoms with Gasteiger partial charge >= 0.3 is 0 Å². The number of ketones is 1. The molecule has 0 aromatic carbocycles. The number of piperidine rings is 1. The standard InChI is InChI=1S/C10H19NO/c1-8-7-9(12)5-6-11(8)10(2,3)4/h8H,5-7H2,1-4H3/t8-/m0/s1. The minimum Gasteiger partial charge on any atom is -0.300 e. The Morgan fingerprint density at radius 1 is 1.42 bits per heavy atom. The van der Waals surface area contributed by atoms with Crippen LogP contribution in [0.15, 0.2) is 0 Å². The Morgan fingerprint density at radius 2 is 2.00 bits per heavy atom. The van der Waals surface area contributed by atoms with Gasteiger partial charge < -0.3 is 0 Å². The van der Waals surface area contributed by atoms with Crippen LogP contribution in [0.1, 0.15) is 40.5 Å². The molecule has 70 valence electrons. The molecule has 0 radical (unpaired) electrons. The Morgan fingerprint density at radius 3 is 2.42 bits per heavy atom. The first-order valence-electron chi connectivity index (χ1n) is 4.69. The number of likely N-dealkylation sites (tertiary alicyclic amines) is 1. The van der Waals surface area contributed by atoms with Crippen molar-refractivity contribution in [2.24, 2.45) is 0 Å². The van der Waals surface area contributed by atoms with E-state index in [0.717, 1.165) is 19.4 Å². The molecule has 2 nitrogen and oxygen atoms in total. The fraction of sp³-hybridized carbons (Fsp3) is 0.900. The van der Waals surface area contributed by atoms with Crippen LogP contribution in [0.25, 0.3) is 0 Å². The Bertz CT molecular complexity index is 181. The van der Waals surface area contributed by atoms with Crippen molar-refractivity contribution in [2.75, 3.05) is 6.54 Å². The van der Waals surface area contributed by atoms with Crippen LogP contribution in [-0.4, -0.2) is 28.8 Å². The van der Waals surface area contributed by atoms with E-state index in [1.165, 1.54) is 0 Å². The van der Waals surface area contributed by atoms with Crippen LogP contribution in [0.5, 0.6) is 0 Å². The van der Waals surface area contributed by atoms with E-state index in [-0.39, 0.29) is 5.54 Å². The van der Waals surface area contributed by atoms with Crippen LogP contribution in [-0.2, 0) is 4.79 Å². The zero-order valence-electron chi connectivity index (χ0n) is 8.55. The molecule has 0 unspecified atom stereocenters. The van der Waals surface area contributed by atoms with E-state index >= 15 is 0 Å². The van der Waals surface area contributed by atoms with Crippen LogP contribution in [0.4, 0.5) is 0 Å². The quantitative estimate of drug-likeness (QED) is 0.551. The molecule has 0 bridgehead atoms. The van der Waals surface area contributed by atoms with Gasteiger partial charge in [0.1, 0.15) is 5.78 Å². The number of rotatable bonds is 0. The molecule has 1 heterocycles. The Balaban J connectivity index is 2.62. The van der Waals surface area contributed by atoms with Crippen LogP contribution in [0.3, 0.4) is 0 Å². The third-order valence-electron chi connectivity index (χ3n) is 2.55. The number of carbonyl (C=O) groups excluding carboxylic acids is 1. The summed E-state index contributed by atoms with van der Waals surface area (Å²) in [5.41, 5.74) is 0.208. The van der Waals surface area contributed by atoms with E-state index in [2.05, 4.69) is 32.6 Å². The van der Waals surface area contributed by atoms with Crippen molar-refractivity contribution in [1.82, 2.24) is 4.90 Å². The van der Waals surface area contributed by atoms with Gasteiger partial charge in [-0.15, -0.1) is 0 Å². The van der Waals surface area contributed by atoms with Gasteiger partial charge in [0.2, 0.25) is 0 Å². The summed E-state index contributed by atoms with van der Waals surface area (Å²) in [4.78, 5) is 13.5. The fourth-order valence-corrected chi connectivity index (χ4v) is 2.00. The maximum absolute atomic E-state index is 11.1. The van der Waals surface area contributed by atoms with E-state index in [4.69, 9.17) is 0 Å². The van der Waals surface area contributed by atoms with Gasteiger partial charge in [0, 0.05) is 31.0 Å². The van der Waals surface area contributed by atoms with Crippen LogP contribution in [0, 0.1) is 0 Å². The second-order valence-electron chi connectivity index (χ2n) is 4.71. The molecule has 1 atom stereocenters. The molecule has 0 aliphatic carbocycles. The van der Waals surface area contributed by atoms with Crippen LogP contribution < -0.4 is 0 Å². The molecular weight excluding hydrogens is 150 g/mol. The largest absolute Gasteiger partial charge is 0.300 e. The molecule has 0 spiro atoms. The molecule has 1 saturated heterocycles. The summed E-state index contributed by atoms with van der Waals surface area (Å²) >= 11 is 0. The minimum absolute atomic E-state index is 0.208. The third-order valence-corrected chi connectivity index (χ3v) is 2.55. The van der Waals surface area contributed by atoms with Crippen molar-refractivity contribution in [3.8, 4) is 0 Å². The number of nitrogens with zero attached hydrogens (tertiary/aromatic N) is 1. The smallest absolute Gasteiger partial charge is 0.135 e. The molecule has 12 heavy (non-hydrogen) atoms. The predicted octanol–water partition coefficient (Wildman–Crippen LogP) is 1.84. The van der Waals surface area contributed by atoms with E-state index in [1.54, 1.807) is 0 Å². The van der Waals surface area contributed by atoms with Crippen molar-refractivity contribution < 1.29 is 4.79 Å². The number of hydrogen-bond acceptors (Lipinski definition) is 2. The van der Waals surface area contributed by atoms with Gasteiger partial charge in [-0.1, -0.05) is 0 Å². The Kier molecular flexibility index (Phi) is 2.57. The fourth-order valence-electron chi connectivity index (χ4n) is 2.00. The molecule has 0 aromatic heterocycles. The second kappa shape index (κ2) is 3.17. The van der Waals surface area contributed by atoms with E-state index in [0.29, 0.717) is 11.8 Å². The summed E-state index contributed by atoms with van der Waals surface area (Å²) in [6, 6.07) is 0.422. The first-order chi connectivity index (χ1) is 5.41. The van der Waals surface area contributed by atoms with Crippen molar-refractivity contribution in [3.05, 3.63) is 0 Å². The molecule has 0 amide bonds. The van der Waals surface area contributed by atoms with Crippen LogP contribution >= 0.6 is 0 Å². The maximum Gasteiger partial charge on any atom is 0.135 e. The zero-order chi connectivity index (χ0) is 9.35. The molecule has 1 fully saturated rings. The van der Waals surface area contributed by atoms with Gasteiger partial charge in [-0.2, -0.15) is 0 Å². The first-order valence-corrected chi connectivity index (χ1v) is 4.69. The lowest BCUT2D eigenvalue weighted by atomic mass is 9.95. The van der Waals surface area contributed by atoms with Gasteiger partial charge in [-0.05, 0) is 27.7 Å². The monoisotopic (exact) mass is 169 g/mol. The van der Waals surface area contributed by atoms with Crippen molar-refractivity contribution >= 4 is 5.78 Å². The predicted molar refractivity (Wildman–Crippen MR) is 50.2 cm³/mol. The topological polar surface area (TPSA) is 20.3 Å². The summed E-state index contributed by atoms with van der Waals surface area (Å²) in [6.07, 6.45) is 1.47. The SMILES string of the molecule is C[C@H]1CC(=O)CCN1C(C)(C)C. The molecule has 1 aliphatic rings. The molecular formula is C10H19NO. The van der Waals surface area contributed by atoms with Gasteiger partial charge in [-0.25, -0.2) is 0 Å². The lowest BCUT2D eigenvalue weighted by Gasteiger charge is -2.42. The van der Waals surface area contributed by atoms with Crippen molar-refractivity contribution in [2.45, 2.75) is 52.1 Å². The maximum atomic E-state index is 11.1. The average molecular weight is 169 g/mol. The lowest BCUT2D eigenvalue weighted by molar-refractivity contribution is -0.124. The third kappa shape index (κ3) is 2.07. The highest BCUT2D eigenvalue weighted by Gasteiger charge is 2.30. The Hall–Kier alpha value is -0.370. The van der Waals surface area contributed by atoms with E-state index in [9.17, 15) is 4.79 Å². The molecule has 2 heteroatoms. The Labute approximate surface area is 74.9 Å². The highest BCUT2D eigenvalue weighted by molar-refractivity contribution is 5.79. The van der Waals surface area contributed by atoms with Gasteiger partial charge in [0.05, 0.1) is 0 Å².